The molecule has 12 heavy (non-hydrogen) atoms. The summed E-state index contributed by atoms with van der Waals surface area (Å²) in [5.41, 5.74) is -4.25. The molecule has 0 amide bonds. The molecule has 0 aromatic carbocycles. The Kier molecular flexibility index (Phi) is 2.88. The Morgan fingerprint density at radius 2 is 1.75 bits per heavy atom. The first-order chi connectivity index (χ1) is 5.58. The van der Waals surface area contributed by atoms with E-state index >= 15 is 0 Å². The Balaban J connectivity index is 2.39. The Labute approximate surface area is 72.5 Å². The minimum Gasteiger partial charge on any atom is -0.160 e. The lowest BCUT2D eigenvalue weighted by Gasteiger charge is -1.96. The average Bonchev–Trinajstić information content (AvgIpc) is 2.36. The van der Waals surface area contributed by atoms with Crippen LogP contribution < -0.4 is 0 Å². The molecule has 0 saturated heterocycles. The highest BCUT2D eigenvalue weighted by Crippen LogP contribution is 2.29. The molecule has 0 N–H and O–H groups in total. The van der Waals surface area contributed by atoms with E-state index in [0.29, 0.717) is 0 Å². The molecule has 0 fully saturated rings. The van der Waals surface area contributed by atoms with Crippen molar-refractivity contribution in [2.75, 3.05) is 0 Å². The van der Waals surface area contributed by atoms with E-state index in [-0.39, 0.29) is 17.7 Å². The monoisotopic (exact) mass is 190 g/mol. The molecule has 0 heterocycles. The van der Waals surface area contributed by atoms with Crippen LogP contribution in [-0.2, 0) is 0 Å². The summed E-state index contributed by atoms with van der Waals surface area (Å²) in [5, 5.41) is 2.01. The van der Waals surface area contributed by atoms with Gasteiger partial charge >= 0.3 is 5.51 Å². The molecule has 1 aliphatic rings. The molecule has 0 spiro atoms. The van der Waals surface area contributed by atoms with Crippen molar-refractivity contribution in [2.24, 2.45) is 5.92 Å². The van der Waals surface area contributed by atoms with Crippen LogP contribution in [0.1, 0.15) is 0 Å². The smallest absolute Gasteiger partial charge is 0.160 e. The van der Waals surface area contributed by atoms with Crippen LogP contribution in [0.4, 0.5) is 13.2 Å². The Morgan fingerprint density at radius 1 is 1.17 bits per heavy atom. The van der Waals surface area contributed by atoms with Gasteiger partial charge in [-0.1, -0.05) is 30.2 Å². The summed E-state index contributed by atoms with van der Waals surface area (Å²) in [6, 6.07) is 0. The third-order valence-electron chi connectivity index (χ3n) is 1.14. The van der Waals surface area contributed by atoms with Crippen molar-refractivity contribution in [3.63, 3.8) is 0 Å². The third kappa shape index (κ3) is 3.54. The zero-order chi connectivity index (χ0) is 9.03. The predicted molar refractivity (Wildman–Crippen MR) is 43.2 cm³/mol. The van der Waals surface area contributed by atoms with Gasteiger partial charge in [0.2, 0.25) is 0 Å². The molecule has 0 bridgehead atoms. The van der Waals surface area contributed by atoms with Crippen molar-refractivity contribution in [1.82, 2.24) is 0 Å². The number of allylic oxidation sites excluding steroid dienone is 4. The Morgan fingerprint density at radius 3 is 2.25 bits per heavy atom. The summed E-state index contributed by atoms with van der Waals surface area (Å²) in [6.07, 6.45) is 7.00. The second kappa shape index (κ2) is 3.72. The Bertz CT molecular complexity index is 252. The minimum absolute atomic E-state index is 0.153. The molecular formula is C8H5F3S. The molecule has 1 aliphatic carbocycles. The van der Waals surface area contributed by atoms with Crippen molar-refractivity contribution in [2.45, 2.75) is 5.51 Å². The molecule has 0 aromatic rings. The third-order valence-corrected chi connectivity index (χ3v) is 1.59. The summed E-state index contributed by atoms with van der Waals surface area (Å²) in [4.78, 5) is 0. The first-order valence-electron chi connectivity index (χ1n) is 3.18. The van der Waals surface area contributed by atoms with E-state index in [1.165, 1.54) is 0 Å². The molecule has 0 radical (unpaired) electrons. The van der Waals surface area contributed by atoms with E-state index in [2.05, 4.69) is 5.92 Å². The van der Waals surface area contributed by atoms with Crippen molar-refractivity contribution in [3.8, 4) is 11.2 Å². The largest absolute Gasteiger partial charge is 0.453 e. The van der Waals surface area contributed by atoms with E-state index < -0.39 is 5.51 Å². The highest BCUT2D eigenvalue weighted by atomic mass is 32.2. The van der Waals surface area contributed by atoms with E-state index in [9.17, 15) is 13.2 Å². The number of halogens is 3. The van der Waals surface area contributed by atoms with E-state index in [1.807, 2.05) is 5.25 Å². The van der Waals surface area contributed by atoms with Gasteiger partial charge in [0.05, 0.1) is 5.92 Å². The molecule has 4 heteroatoms. The summed E-state index contributed by atoms with van der Waals surface area (Å²) in [6.45, 7) is 0. The summed E-state index contributed by atoms with van der Waals surface area (Å²) in [7, 11) is 0. The van der Waals surface area contributed by atoms with Crippen LogP contribution in [0.3, 0.4) is 0 Å². The molecule has 1 rings (SSSR count). The predicted octanol–water partition coefficient (Wildman–Crippen LogP) is 2.94. The molecule has 0 atom stereocenters. The summed E-state index contributed by atoms with van der Waals surface area (Å²) < 4.78 is 34.7. The lowest BCUT2D eigenvalue weighted by Crippen LogP contribution is -1.96. The van der Waals surface area contributed by atoms with Crippen LogP contribution in [0.15, 0.2) is 24.3 Å². The SMILES string of the molecule is FC(F)(F)SC#CC1C=CC=C1. The van der Waals surface area contributed by atoms with Crippen LogP contribution in [-0.4, -0.2) is 5.51 Å². The van der Waals surface area contributed by atoms with Gasteiger partial charge in [-0.3, -0.25) is 0 Å². The van der Waals surface area contributed by atoms with Crippen molar-refractivity contribution < 1.29 is 13.2 Å². The first kappa shape index (κ1) is 9.27. The second-order valence-electron chi connectivity index (χ2n) is 2.09. The summed E-state index contributed by atoms with van der Waals surface area (Å²) in [5.74, 6) is 2.30. The second-order valence-corrected chi connectivity index (χ2v) is 2.96. The zero-order valence-corrected chi connectivity index (χ0v) is 6.75. The van der Waals surface area contributed by atoms with Crippen LogP contribution in [0, 0.1) is 17.1 Å². The van der Waals surface area contributed by atoms with Gasteiger partial charge in [0.1, 0.15) is 0 Å². The quantitative estimate of drug-likeness (QED) is 0.529. The standard InChI is InChI=1S/C8H5F3S/c9-8(10,11)12-6-5-7-3-1-2-4-7/h1-4,7H. The first-order valence-corrected chi connectivity index (χ1v) is 4.00. The number of rotatable bonds is 0. The number of thioether (sulfide) groups is 1. The topological polar surface area (TPSA) is 0 Å². The fraction of sp³-hybridized carbons (Fsp3) is 0.250. The van der Waals surface area contributed by atoms with E-state index in [1.54, 1.807) is 24.3 Å². The zero-order valence-electron chi connectivity index (χ0n) is 5.93. The molecule has 0 aromatic heterocycles. The van der Waals surface area contributed by atoms with Gasteiger partial charge in [-0.15, -0.1) is 0 Å². The Hall–Kier alpha value is -0.820. The van der Waals surface area contributed by atoms with Gasteiger partial charge in [-0.25, -0.2) is 0 Å². The van der Waals surface area contributed by atoms with E-state index in [4.69, 9.17) is 0 Å². The van der Waals surface area contributed by atoms with Gasteiger partial charge in [0.25, 0.3) is 0 Å². The molecule has 0 unspecified atom stereocenters. The van der Waals surface area contributed by atoms with Crippen molar-refractivity contribution in [3.05, 3.63) is 24.3 Å². The maximum absolute atomic E-state index is 11.6. The average molecular weight is 190 g/mol. The van der Waals surface area contributed by atoms with Gasteiger partial charge < -0.3 is 0 Å². The maximum Gasteiger partial charge on any atom is 0.453 e. The number of alkyl halides is 3. The van der Waals surface area contributed by atoms with Gasteiger partial charge in [-0.05, 0) is 5.25 Å². The highest BCUT2D eigenvalue weighted by molar-refractivity contribution is 8.04. The molecule has 0 nitrogen and oxygen atoms in total. The van der Waals surface area contributed by atoms with Gasteiger partial charge in [-0.2, -0.15) is 13.2 Å². The molecule has 0 saturated carbocycles. The molecule has 0 aliphatic heterocycles. The highest BCUT2D eigenvalue weighted by Gasteiger charge is 2.27. The fourth-order valence-corrected chi connectivity index (χ4v) is 0.994. The van der Waals surface area contributed by atoms with Crippen LogP contribution >= 0.6 is 11.8 Å². The minimum atomic E-state index is -4.25. The normalized spacial score (nSPS) is 16.2. The maximum atomic E-state index is 11.6. The van der Waals surface area contributed by atoms with Crippen LogP contribution in [0.5, 0.6) is 0 Å². The van der Waals surface area contributed by atoms with Crippen molar-refractivity contribution in [1.29, 1.82) is 0 Å². The van der Waals surface area contributed by atoms with Gasteiger partial charge in [0.15, 0.2) is 0 Å². The number of hydrogen-bond donors (Lipinski definition) is 0. The molecule has 64 valence electrons. The van der Waals surface area contributed by atoms with Crippen molar-refractivity contribution >= 4 is 11.8 Å². The lowest BCUT2D eigenvalue weighted by atomic mass is 10.2. The lowest BCUT2D eigenvalue weighted by molar-refractivity contribution is -0.0318. The van der Waals surface area contributed by atoms with Gasteiger partial charge in [0, 0.05) is 11.8 Å². The van der Waals surface area contributed by atoms with Crippen LogP contribution in [0.25, 0.3) is 0 Å². The van der Waals surface area contributed by atoms with E-state index in [0.717, 1.165) is 0 Å². The van der Waals surface area contributed by atoms with Crippen LogP contribution in [0.2, 0.25) is 0 Å². The molecular weight excluding hydrogens is 185 g/mol. The summed E-state index contributed by atoms with van der Waals surface area (Å²) >= 11 is -0.308. The fourth-order valence-electron chi connectivity index (χ4n) is 0.683. The number of hydrogen-bond acceptors (Lipinski definition) is 1.